The van der Waals surface area contributed by atoms with Gasteiger partial charge in [-0.15, -0.1) is 0 Å². The SMILES string of the molecule is COc1ccc(C(=O)N2CCN(C(=O)[C@@H]3CC[C@H](CN)O3)CC2)cc1OC. The van der Waals surface area contributed by atoms with Crippen LogP contribution in [0.3, 0.4) is 0 Å². The topological polar surface area (TPSA) is 94.3 Å². The maximum Gasteiger partial charge on any atom is 0.254 e. The molecule has 0 radical (unpaired) electrons. The molecule has 2 fully saturated rings. The number of nitrogens with two attached hydrogens (primary N) is 1. The van der Waals surface area contributed by atoms with Crippen LogP contribution < -0.4 is 15.2 Å². The van der Waals surface area contributed by atoms with E-state index in [1.807, 2.05) is 0 Å². The van der Waals surface area contributed by atoms with Gasteiger partial charge in [-0.1, -0.05) is 0 Å². The Labute approximate surface area is 159 Å². The fourth-order valence-electron chi connectivity index (χ4n) is 3.55. The van der Waals surface area contributed by atoms with Crippen LogP contribution in [0.15, 0.2) is 18.2 Å². The van der Waals surface area contributed by atoms with Gasteiger partial charge in [0.15, 0.2) is 11.5 Å². The van der Waals surface area contributed by atoms with E-state index >= 15 is 0 Å². The second kappa shape index (κ2) is 8.58. The third-order valence-electron chi connectivity index (χ3n) is 5.15. The first-order chi connectivity index (χ1) is 13.1. The van der Waals surface area contributed by atoms with Gasteiger partial charge in [0.25, 0.3) is 11.8 Å². The molecule has 1 aromatic carbocycles. The van der Waals surface area contributed by atoms with Crippen molar-refractivity contribution in [2.45, 2.75) is 25.0 Å². The molecule has 2 atom stereocenters. The van der Waals surface area contributed by atoms with Gasteiger partial charge in [0.1, 0.15) is 6.10 Å². The van der Waals surface area contributed by atoms with Gasteiger partial charge in [0.2, 0.25) is 0 Å². The summed E-state index contributed by atoms with van der Waals surface area (Å²) >= 11 is 0. The van der Waals surface area contributed by atoms with Crippen molar-refractivity contribution < 1.29 is 23.8 Å². The van der Waals surface area contributed by atoms with Crippen LogP contribution in [-0.4, -0.2) is 80.8 Å². The number of nitrogens with zero attached hydrogens (tertiary/aromatic N) is 2. The Morgan fingerprint density at radius 1 is 1.07 bits per heavy atom. The Hall–Kier alpha value is -2.32. The highest BCUT2D eigenvalue weighted by Gasteiger charge is 2.34. The lowest BCUT2D eigenvalue weighted by Crippen LogP contribution is -2.53. The third-order valence-corrected chi connectivity index (χ3v) is 5.15. The molecule has 0 aliphatic carbocycles. The molecule has 0 unspecified atom stereocenters. The monoisotopic (exact) mass is 377 g/mol. The number of hydrogen-bond acceptors (Lipinski definition) is 6. The zero-order valence-electron chi connectivity index (χ0n) is 15.8. The van der Waals surface area contributed by atoms with Gasteiger partial charge >= 0.3 is 0 Å². The summed E-state index contributed by atoms with van der Waals surface area (Å²) in [4.78, 5) is 28.9. The summed E-state index contributed by atoms with van der Waals surface area (Å²) in [5.41, 5.74) is 6.15. The molecule has 148 valence electrons. The fourth-order valence-corrected chi connectivity index (χ4v) is 3.55. The third kappa shape index (κ3) is 4.17. The van der Waals surface area contributed by atoms with Gasteiger partial charge in [-0.3, -0.25) is 9.59 Å². The van der Waals surface area contributed by atoms with Crippen LogP contribution in [0.2, 0.25) is 0 Å². The molecule has 0 saturated carbocycles. The number of benzene rings is 1. The summed E-state index contributed by atoms with van der Waals surface area (Å²) in [5, 5.41) is 0. The van der Waals surface area contributed by atoms with Gasteiger partial charge < -0.3 is 29.7 Å². The molecule has 2 amide bonds. The van der Waals surface area contributed by atoms with E-state index in [-0.39, 0.29) is 17.9 Å². The Kier molecular flexibility index (Phi) is 6.18. The highest BCUT2D eigenvalue weighted by atomic mass is 16.5. The molecule has 0 spiro atoms. The van der Waals surface area contributed by atoms with Crippen LogP contribution in [0, 0.1) is 0 Å². The molecule has 2 heterocycles. The van der Waals surface area contributed by atoms with E-state index < -0.39 is 6.10 Å². The second-order valence-corrected chi connectivity index (χ2v) is 6.75. The van der Waals surface area contributed by atoms with E-state index in [1.165, 1.54) is 7.11 Å². The lowest BCUT2D eigenvalue weighted by Gasteiger charge is -2.36. The highest BCUT2D eigenvalue weighted by Crippen LogP contribution is 2.28. The number of rotatable bonds is 5. The lowest BCUT2D eigenvalue weighted by molar-refractivity contribution is -0.144. The minimum Gasteiger partial charge on any atom is -0.493 e. The highest BCUT2D eigenvalue weighted by molar-refractivity contribution is 5.95. The number of carbonyl (C=O) groups excluding carboxylic acids is 2. The molecular weight excluding hydrogens is 350 g/mol. The van der Waals surface area contributed by atoms with Gasteiger partial charge in [-0.05, 0) is 31.0 Å². The zero-order chi connectivity index (χ0) is 19.4. The normalized spacial score (nSPS) is 22.6. The standard InChI is InChI=1S/C19H27N3O5/c1-25-15-5-3-13(11-17(15)26-2)18(23)21-7-9-22(10-8-21)19(24)16-6-4-14(12-20)27-16/h3,5,11,14,16H,4,6-10,12,20H2,1-2H3/t14-,16+/m1/s1. The molecule has 2 N–H and O–H groups in total. The van der Waals surface area contributed by atoms with Crippen LogP contribution in [0.25, 0.3) is 0 Å². The Morgan fingerprint density at radius 3 is 2.33 bits per heavy atom. The van der Waals surface area contributed by atoms with E-state index in [2.05, 4.69) is 0 Å². The summed E-state index contributed by atoms with van der Waals surface area (Å²) < 4.78 is 16.2. The van der Waals surface area contributed by atoms with E-state index in [1.54, 1.807) is 35.1 Å². The molecule has 2 aliphatic heterocycles. The number of methoxy groups -OCH3 is 2. The molecule has 8 heteroatoms. The second-order valence-electron chi connectivity index (χ2n) is 6.75. The number of piperazine rings is 1. The Balaban J connectivity index is 1.57. The van der Waals surface area contributed by atoms with Crippen LogP contribution >= 0.6 is 0 Å². The summed E-state index contributed by atoms with van der Waals surface area (Å²) in [6.07, 6.45) is 1.12. The predicted molar refractivity (Wildman–Crippen MR) is 99.0 cm³/mol. The van der Waals surface area contributed by atoms with Crippen molar-refractivity contribution in [2.24, 2.45) is 5.73 Å². The smallest absolute Gasteiger partial charge is 0.254 e. The summed E-state index contributed by atoms with van der Waals surface area (Å²) in [5.74, 6) is 1.02. The van der Waals surface area contributed by atoms with Gasteiger partial charge in [0, 0.05) is 38.3 Å². The summed E-state index contributed by atoms with van der Waals surface area (Å²) in [7, 11) is 3.09. The molecule has 2 aliphatic rings. The average Bonchev–Trinajstić information content (AvgIpc) is 3.21. The fraction of sp³-hybridized carbons (Fsp3) is 0.579. The predicted octanol–water partition coefficient (Wildman–Crippen LogP) is 0.495. The number of carbonyl (C=O) groups is 2. The van der Waals surface area contributed by atoms with E-state index in [0.717, 1.165) is 6.42 Å². The molecule has 0 bridgehead atoms. The number of ether oxygens (including phenoxy) is 3. The molecule has 3 rings (SSSR count). The zero-order valence-corrected chi connectivity index (χ0v) is 15.8. The molecule has 27 heavy (non-hydrogen) atoms. The van der Waals surface area contributed by atoms with Crippen molar-refractivity contribution in [3.63, 3.8) is 0 Å². The van der Waals surface area contributed by atoms with Gasteiger partial charge in [0.05, 0.1) is 20.3 Å². The number of amides is 2. The van der Waals surface area contributed by atoms with Crippen LogP contribution in [0.4, 0.5) is 0 Å². The maximum absolute atomic E-state index is 12.8. The van der Waals surface area contributed by atoms with Gasteiger partial charge in [-0.25, -0.2) is 0 Å². The van der Waals surface area contributed by atoms with Crippen LogP contribution in [-0.2, 0) is 9.53 Å². The first kappa shape index (κ1) is 19.4. The molecular formula is C19H27N3O5. The van der Waals surface area contributed by atoms with E-state index in [9.17, 15) is 9.59 Å². The first-order valence-electron chi connectivity index (χ1n) is 9.23. The van der Waals surface area contributed by atoms with Crippen molar-refractivity contribution in [1.29, 1.82) is 0 Å². The minimum atomic E-state index is -0.397. The van der Waals surface area contributed by atoms with E-state index in [0.29, 0.717) is 56.2 Å². The van der Waals surface area contributed by atoms with Crippen molar-refractivity contribution in [3.05, 3.63) is 23.8 Å². The largest absolute Gasteiger partial charge is 0.493 e. The molecule has 0 aromatic heterocycles. The van der Waals surface area contributed by atoms with Crippen LogP contribution in [0.5, 0.6) is 11.5 Å². The molecule has 2 saturated heterocycles. The molecule has 8 nitrogen and oxygen atoms in total. The first-order valence-corrected chi connectivity index (χ1v) is 9.23. The van der Waals surface area contributed by atoms with Crippen molar-refractivity contribution in [1.82, 2.24) is 9.80 Å². The summed E-state index contributed by atoms with van der Waals surface area (Å²) in [6.45, 7) is 2.44. The Morgan fingerprint density at radius 2 is 1.74 bits per heavy atom. The quantitative estimate of drug-likeness (QED) is 0.803. The Bertz CT molecular complexity index is 688. The molecule has 1 aromatic rings. The van der Waals surface area contributed by atoms with Crippen molar-refractivity contribution in [2.75, 3.05) is 46.9 Å². The lowest BCUT2D eigenvalue weighted by atomic mass is 10.1. The summed E-state index contributed by atoms with van der Waals surface area (Å²) in [6, 6.07) is 5.12. The van der Waals surface area contributed by atoms with Crippen LogP contribution in [0.1, 0.15) is 23.2 Å². The minimum absolute atomic E-state index is 0.00386. The van der Waals surface area contributed by atoms with Gasteiger partial charge in [-0.2, -0.15) is 0 Å². The number of hydrogen-bond donors (Lipinski definition) is 1. The average molecular weight is 377 g/mol. The van der Waals surface area contributed by atoms with Crippen molar-refractivity contribution >= 4 is 11.8 Å². The maximum atomic E-state index is 12.8. The van der Waals surface area contributed by atoms with Crippen molar-refractivity contribution in [3.8, 4) is 11.5 Å². The van der Waals surface area contributed by atoms with E-state index in [4.69, 9.17) is 19.9 Å².